The monoisotopic (exact) mass is 472 g/mol. The van der Waals surface area contributed by atoms with E-state index >= 15 is 0 Å². The summed E-state index contributed by atoms with van der Waals surface area (Å²) in [5, 5.41) is 18.9. The van der Waals surface area contributed by atoms with Crippen LogP contribution in [0.3, 0.4) is 0 Å². The lowest BCUT2D eigenvalue weighted by Gasteiger charge is -2.42. The van der Waals surface area contributed by atoms with Gasteiger partial charge in [-0.3, -0.25) is 4.79 Å². The first kappa shape index (κ1) is 24.5. The fourth-order valence-electron chi connectivity index (χ4n) is 5.03. The van der Waals surface area contributed by atoms with Gasteiger partial charge in [-0.05, 0) is 69.7 Å². The molecule has 0 aliphatic heterocycles. The first-order chi connectivity index (χ1) is 16.5. The molecule has 3 aromatic rings. The molecule has 0 heterocycles. The highest BCUT2D eigenvalue weighted by Crippen LogP contribution is 2.46. The summed E-state index contributed by atoms with van der Waals surface area (Å²) in [6, 6.07) is 18.4. The van der Waals surface area contributed by atoms with Crippen LogP contribution in [0.2, 0.25) is 0 Å². The Morgan fingerprint density at radius 1 is 0.857 bits per heavy atom. The van der Waals surface area contributed by atoms with Gasteiger partial charge in [-0.1, -0.05) is 70.2 Å². The Bertz CT molecular complexity index is 1290. The second-order valence-corrected chi connectivity index (χ2v) is 10.7. The topological polar surface area (TPSA) is 83.8 Å². The standard InChI is InChI=1S/C30H32O5/c1-29(2)13-14-30(3,4)24-15-19(11-12-23(24)29)18-35-25-10-6-8-21(17-26(31)32)27(25)20-7-5-9-22(16-20)28(33)34/h5-12,15-16H,13-14,17-18H2,1-4H3,(H,31,32)(H,33,34). The highest BCUT2D eigenvalue weighted by Gasteiger charge is 2.36. The van der Waals surface area contributed by atoms with E-state index in [1.165, 1.54) is 17.2 Å². The maximum atomic E-state index is 11.5. The van der Waals surface area contributed by atoms with E-state index in [4.69, 9.17) is 4.74 Å². The molecule has 0 atom stereocenters. The SMILES string of the molecule is CC1(C)CCC(C)(C)c2cc(COc3cccc(CC(=O)O)c3-c3cccc(C(=O)O)c3)ccc21. The largest absolute Gasteiger partial charge is 0.488 e. The first-order valence-corrected chi connectivity index (χ1v) is 11.9. The summed E-state index contributed by atoms with van der Waals surface area (Å²) in [6.45, 7) is 9.49. The number of hydrogen-bond donors (Lipinski definition) is 2. The Morgan fingerprint density at radius 3 is 2.23 bits per heavy atom. The van der Waals surface area contributed by atoms with Gasteiger partial charge in [0.1, 0.15) is 12.4 Å². The molecule has 0 spiro atoms. The Balaban J connectivity index is 1.71. The summed E-state index contributed by atoms with van der Waals surface area (Å²) in [5.41, 5.74) is 5.94. The molecule has 0 saturated heterocycles. The summed E-state index contributed by atoms with van der Waals surface area (Å²) in [6.07, 6.45) is 2.09. The highest BCUT2D eigenvalue weighted by atomic mass is 16.5. The lowest BCUT2D eigenvalue weighted by atomic mass is 9.63. The van der Waals surface area contributed by atoms with Gasteiger partial charge < -0.3 is 14.9 Å². The molecule has 0 radical (unpaired) electrons. The number of aromatic carboxylic acids is 1. The van der Waals surface area contributed by atoms with E-state index in [1.807, 2.05) is 0 Å². The van der Waals surface area contributed by atoms with E-state index in [1.54, 1.807) is 36.4 Å². The molecule has 1 aliphatic carbocycles. The van der Waals surface area contributed by atoms with E-state index in [-0.39, 0.29) is 22.8 Å². The van der Waals surface area contributed by atoms with Gasteiger partial charge in [0.15, 0.2) is 0 Å². The number of aliphatic carboxylic acids is 1. The third kappa shape index (κ3) is 5.09. The predicted octanol–water partition coefficient (Wildman–Crippen LogP) is 6.61. The number of carbonyl (C=O) groups is 2. The van der Waals surface area contributed by atoms with Crippen LogP contribution in [0.25, 0.3) is 11.1 Å². The Kier molecular flexibility index (Phi) is 6.46. The molecule has 5 heteroatoms. The second kappa shape index (κ2) is 9.21. The van der Waals surface area contributed by atoms with Crippen LogP contribution in [-0.2, 0) is 28.7 Å². The van der Waals surface area contributed by atoms with Gasteiger partial charge in [0, 0.05) is 5.56 Å². The zero-order chi connectivity index (χ0) is 25.4. The molecule has 5 nitrogen and oxygen atoms in total. The van der Waals surface area contributed by atoms with Crippen molar-refractivity contribution in [3.05, 3.63) is 88.5 Å². The fraction of sp³-hybridized carbons (Fsp3) is 0.333. The number of rotatable bonds is 7. The minimum Gasteiger partial charge on any atom is -0.488 e. The van der Waals surface area contributed by atoms with E-state index in [0.717, 1.165) is 18.4 Å². The summed E-state index contributed by atoms with van der Waals surface area (Å²) in [7, 11) is 0. The number of fused-ring (bicyclic) bond motifs is 1. The van der Waals surface area contributed by atoms with Crippen molar-refractivity contribution < 1.29 is 24.5 Å². The average Bonchev–Trinajstić information content (AvgIpc) is 2.80. The van der Waals surface area contributed by atoms with E-state index in [2.05, 4.69) is 45.9 Å². The Labute approximate surface area is 206 Å². The van der Waals surface area contributed by atoms with Crippen molar-refractivity contribution in [2.75, 3.05) is 0 Å². The quantitative estimate of drug-likeness (QED) is 0.404. The zero-order valence-electron chi connectivity index (χ0n) is 20.7. The molecule has 0 amide bonds. The molecule has 35 heavy (non-hydrogen) atoms. The van der Waals surface area contributed by atoms with Crippen LogP contribution in [0.1, 0.15) is 73.1 Å². The molecule has 0 fully saturated rings. The van der Waals surface area contributed by atoms with E-state index in [0.29, 0.717) is 29.0 Å². The van der Waals surface area contributed by atoms with Gasteiger partial charge in [-0.25, -0.2) is 4.79 Å². The smallest absolute Gasteiger partial charge is 0.335 e. The summed E-state index contributed by atoms with van der Waals surface area (Å²) in [5.74, 6) is -1.47. The van der Waals surface area contributed by atoms with Gasteiger partial charge in [0.05, 0.1) is 12.0 Å². The maximum Gasteiger partial charge on any atom is 0.335 e. The second-order valence-electron chi connectivity index (χ2n) is 10.7. The molecular weight excluding hydrogens is 440 g/mol. The van der Waals surface area contributed by atoms with Crippen LogP contribution >= 0.6 is 0 Å². The highest BCUT2D eigenvalue weighted by molar-refractivity contribution is 5.90. The lowest BCUT2D eigenvalue weighted by molar-refractivity contribution is -0.136. The van der Waals surface area contributed by atoms with E-state index in [9.17, 15) is 19.8 Å². The predicted molar refractivity (Wildman–Crippen MR) is 136 cm³/mol. The lowest BCUT2D eigenvalue weighted by Crippen LogP contribution is -2.33. The van der Waals surface area contributed by atoms with Crippen LogP contribution < -0.4 is 4.74 Å². The molecule has 182 valence electrons. The van der Waals surface area contributed by atoms with Gasteiger partial charge in [0.25, 0.3) is 0 Å². The number of carboxylic acids is 2. The van der Waals surface area contributed by atoms with Crippen LogP contribution in [0.5, 0.6) is 5.75 Å². The molecule has 0 saturated carbocycles. The number of benzene rings is 3. The minimum absolute atomic E-state index is 0.0880. The van der Waals surface area contributed by atoms with Crippen LogP contribution in [-0.4, -0.2) is 22.2 Å². The van der Waals surface area contributed by atoms with Gasteiger partial charge in [-0.2, -0.15) is 0 Å². The first-order valence-electron chi connectivity index (χ1n) is 11.9. The summed E-state index contributed by atoms with van der Waals surface area (Å²) < 4.78 is 6.27. The van der Waals surface area contributed by atoms with Crippen molar-refractivity contribution in [2.45, 2.75) is 64.4 Å². The summed E-state index contributed by atoms with van der Waals surface area (Å²) in [4.78, 5) is 23.1. The summed E-state index contributed by atoms with van der Waals surface area (Å²) >= 11 is 0. The van der Waals surface area contributed by atoms with Gasteiger partial charge in [0.2, 0.25) is 0 Å². The minimum atomic E-state index is -1.04. The molecule has 2 N–H and O–H groups in total. The van der Waals surface area contributed by atoms with Crippen molar-refractivity contribution in [2.24, 2.45) is 0 Å². The molecular formula is C30H32O5. The number of hydrogen-bond acceptors (Lipinski definition) is 3. The molecule has 4 rings (SSSR count). The number of carboxylic acid groups (broad SMARTS) is 2. The van der Waals surface area contributed by atoms with Crippen LogP contribution in [0.4, 0.5) is 0 Å². The van der Waals surface area contributed by atoms with Gasteiger partial charge in [-0.15, -0.1) is 0 Å². The van der Waals surface area contributed by atoms with Crippen LogP contribution in [0.15, 0.2) is 60.7 Å². The Hall–Kier alpha value is -3.60. The maximum absolute atomic E-state index is 11.5. The van der Waals surface area contributed by atoms with Crippen molar-refractivity contribution in [3.8, 4) is 16.9 Å². The zero-order valence-corrected chi connectivity index (χ0v) is 20.7. The van der Waals surface area contributed by atoms with Crippen LogP contribution in [0, 0.1) is 0 Å². The van der Waals surface area contributed by atoms with Crippen molar-refractivity contribution in [3.63, 3.8) is 0 Å². The van der Waals surface area contributed by atoms with Crippen molar-refractivity contribution in [1.29, 1.82) is 0 Å². The molecule has 1 aliphatic rings. The normalized spacial score (nSPS) is 15.8. The average molecular weight is 473 g/mol. The number of ether oxygens (including phenoxy) is 1. The molecule has 0 bridgehead atoms. The van der Waals surface area contributed by atoms with E-state index < -0.39 is 11.9 Å². The van der Waals surface area contributed by atoms with Gasteiger partial charge >= 0.3 is 11.9 Å². The molecule has 0 unspecified atom stereocenters. The third-order valence-electron chi connectivity index (χ3n) is 7.16. The molecule has 0 aromatic heterocycles. The molecule has 3 aromatic carbocycles. The Morgan fingerprint density at radius 2 is 1.54 bits per heavy atom. The van der Waals surface area contributed by atoms with Crippen molar-refractivity contribution in [1.82, 2.24) is 0 Å². The van der Waals surface area contributed by atoms with Crippen molar-refractivity contribution >= 4 is 11.9 Å². The fourth-order valence-corrected chi connectivity index (χ4v) is 5.03. The third-order valence-corrected chi connectivity index (χ3v) is 7.16.